The fraction of sp³-hybridized carbons (Fsp3) is 0.154. The monoisotopic (exact) mass is 293 g/mol. The van der Waals surface area contributed by atoms with E-state index in [4.69, 9.17) is 22.1 Å². The van der Waals surface area contributed by atoms with Crippen LogP contribution in [0.25, 0.3) is 0 Å². The molecular weight excluding hydrogens is 282 g/mol. The molecule has 2 N–H and O–H groups in total. The third kappa shape index (κ3) is 3.23. The van der Waals surface area contributed by atoms with Crippen LogP contribution >= 0.6 is 11.6 Å². The lowest BCUT2D eigenvalue weighted by atomic mass is 10.2. The molecule has 1 aromatic heterocycles. The van der Waals surface area contributed by atoms with Crippen molar-refractivity contribution in [2.75, 3.05) is 0 Å². The van der Waals surface area contributed by atoms with Crippen LogP contribution in [0.15, 0.2) is 36.5 Å². The van der Waals surface area contributed by atoms with Gasteiger partial charge in [-0.05, 0) is 25.1 Å². The number of halogens is 1. The summed E-state index contributed by atoms with van der Waals surface area (Å²) in [4.78, 5) is 14.3. The summed E-state index contributed by atoms with van der Waals surface area (Å²) in [6, 6.07) is 7.48. The highest BCUT2D eigenvalue weighted by molar-refractivity contribution is 6.32. The van der Waals surface area contributed by atoms with Crippen LogP contribution in [0.1, 0.15) is 18.7 Å². The molecule has 0 fully saturated rings. The van der Waals surface area contributed by atoms with Gasteiger partial charge in [-0.25, -0.2) is 0 Å². The average molecular weight is 294 g/mol. The molecule has 0 saturated heterocycles. The number of hydrogen-bond donors (Lipinski definition) is 1. The maximum atomic E-state index is 10.7. The fourth-order valence-electron chi connectivity index (χ4n) is 1.56. The van der Waals surface area contributed by atoms with Crippen molar-refractivity contribution in [3.8, 4) is 11.5 Å². The van der Waals surface area contributed by atoms with Gasteiger partial charge in [0, 0.05) is 18.2 Å². The van der Waals surface area contributed by atoms with Gasteiger partial charge < -0.3 is 10.5 Å². The molecule has 2 aromatic rings. The zero-order valence-electron chi connectivity index (χ0n) is 10.6. The highest BCUT2D eigenvalue weighted by Crippen LogP contribution is 2.30. The molecule has 1 atom stereocenters. The Morgan fingerprint density at radius 2 is 2.05 bits per heavy atom. The molecule has 0 saturated carbocycles. The molecule has 20 heavy (non-hydrogen) atoms. The molecule has 1 heterocycles. The Bertz CT molecular complexity index is 629. The van der Waals surface area contributed by atoms with Crippen molar-refractivity contribution in [3.63, 3.8) is 0 Å². The summed E-state index contributed by atoms with van der Waals surface area (Å²) < 4.78 is 5.52. The first kappa shape index (κ1) is 14.2. The molecule has 2 rings (SSSR count). The molecule has 0 aliphatic rings. The van der Waals surface area contributed by atoms with Crippen LogP contribution in [0.5, 0.6) is 11.5 Å². The Morgan fingerprint density at radius 3 is 2.55 bits per heavy atom. The van der Waals surface area contributed by atoms with Gasteiger partial charge in [0.2, 0.25) is 0 Å². The molecule has 0 aliphatic carbocycles. The summed E-state index contributed by atoms with van der Waals surface area (Å²) in [5.74, 6) is 0.898. The van der Waals surface area contributed by atoms with Gasteiger partial charge in [-0.1, -0.05) is 11.6 Å². The van der Waals surface area contributed by atoms with E-state index >= 15 is 0 Å². The van der Waals surface area contributed by atoms with E-state index in [-0.39, 0.29) is 16.8 Å². The normalized spacial score (nSPS) is 11.9. The lowest BCUT2D eigenvalue weighted by molar-refractivity contribution is -0.384. The van der Waals surface area contributed by atoms with Crippen molar-refractivity contribution in [2.24, 2.45) is 5.73 Å². The van der Waals surface area contributed by atoms with E-state index < -0.39 is 4.92 Å². The van der Waals surface area contributed by atoms with E-state index in [0.717, 1.165) is 5.69 Å². The maximum Gasteiger partial charge on any atom is 0.288 e. The van der Waals surface area contributed by atoms with Crippen molar-refractivity contribution < 1.29 is 9.66 Å². The van der Waals surface area contributed by atoms with Crippen molar-refractivity contribution >= 4 is 17.3 Å². The maximum absolute atomic E-state index is 10.7. The number of nitro benzene ring substituents is 1. The van der Waals surface area contributed by atoms with Gasteiger partial charge in [-0.15, -0.1) is 0 Å². The molecule has 6 nitrogen and oxygen atoms in total. The standard InChI is InChI=1S/C13H12ClN3O3/c1-8(15)12-4-2-10(7-16-12)20-9-3-5-13(17(18)19)11(14)6-9/h2-8H,15H2,1H3/t8-/m1/s1. The first-order chi connectivity index (χ1) is 9.47. The SMILES string of the molecule is C[C@@H](N)c1ccc(Oc2ccc([N+](=O)[O-])c(Cl)c2)cn1. The van der Waals surface area contributed by atoms with Crippen LogP contribution in [0.2, 0.25) is 5.02 Å². The largest absolute Gasteiger partial charge is 0.456 e. The molecular formula is C13H12ClN3O3. The summed E-state index contributed by atoms with van der Waals surface area (Å²) in [6.45, 7) is 1.83. The summed E-state index contributed by atoms with van der Waals surface area (Å²) in [5.41, 5.74) is 6.28. The van der Waals surface area contributed by atoms with Gasteiger partial charge in [0.25, 0.3) is 5.69 Å². The van der Waals surface area contributed by atoms with E-state index in [1.54, 1.807) is 12.1 Å². The van der Waals surface area contributed by atoms with Crippen molar-refractivity contribution in [1.29, 1.82) is 0 Å². The minimum Gasteiger partial charge on any atom is -0.456 e. The van der Waals surface area contributed by atoms with Crippen LogP contribution in [-0.4, -0.2) is 9.91 Å². The molecule has 0 radical (unpaired) electrons. The number of nitro groups is 1. The number of ether oxygens (including phenoxy) is 1. The van der Waals surface area contributed by atoms with E-state index in [1.165, 1.54) is 24.4 Å². The number of nitrogens with two attached hydrogens (primary N) is 1. The second-order valence-electron chi connectivity index (χ2n) is 4.18. The Hall–Kier alpha value is -2.18. The quantitative estimate of drug-likeness (QED) is 0.688. The third-order valence-electron chi connectivity index (χ3n) is 2.58. The first-order valence-electron chi connectivity index (χ1n) is 5.80. The minimum atomic E-state index is -0.550. The van der Waals surface area contributed by atoms with E-state index in [1.807, 2.05) is 6.92 Å². The number of benzene rings is 1. The Balaban J connectivity index is 2.17. The Morgan fingerprint density at radius 1 is 1.35 bits per heavy atom. The second kappa shape index (κ2) is 5.85. The number of hydrogen-bond acceptors (Lipinski definition) is 5. The van der Waals surface area contributed by atoms with Gasteiger partial charge in [-0.2, -0.15) is 0 Å². The number of aromatic nitrogens is 1. The highest BCUT2D eigenvalue weighted by Gasteiger charge is 2.13. The summed E-state index contributed by atoms with van der Waals surface area (Å²) in [5, 5.41) is 10.7. The highest BCUT2D eigenvalue weighted by atomic mass is 35.5. The van der Waals surface area contributed by atoms with Crippen LogP contribution in [-0.2, 0) is 0 Å². The predicted molar refractivity (Wildman–Crippen MR) is 75.0 cm³/mol. The molecule has 104 valence electrons. The summed E-state index contributed by atoms with van der Waals surface area (Å²) in [7, 11) is 0. The van der Waals surface area contributed by atoms with Gasteiger partial charge in [0.05, 0.1) is 16.8 Å². The molecule has 7 heteroatoms. The van der Waals surface area contributed by atoms with Crippen LogP contribution in [0.4, 0.5) is 5.69 Å². The predicted octanol–water partition coefficient (Wildman–Crippen LogP) is 3.46. The van der Waals surface area contributed by atoms with Gasteiger partial charge in [0.15, 0.2) is 0 Å². The topological polar surface area (TPSA) is 91.3 Å². The van der Waals surface area contributed by atoms with Gasteiger partial charge in [0.1, 0.15) is 16.5 Å². The van der Waals surface area contributed by atoms with Crippen molar-refractivity contribution in [2.45, 2.75) is 13.0 Å². The zero-order valence-corrected chi connectivity index (χ0v) is 11.4. The zero-order chi connectivity index (χ0) is 14.7. The molecule has 0 bridgehead atoms. The molecule has 0 aliphatic heterocycles. The Labute approximate surface area is 120 Å². The van der Waals surface area contributed by atoms with Crippen molar-refractivity contribution in [1.82, 2.24) is 4.98 Å². The minimum absolute atomic E-state index is 0.0210. The number of nitrogens with zero attached hydrogens (tertiary/aromatic N) is 2. The molecule has 0 spiro atoms. The second-order valence-corrected chi connectivity index (χ2v) is 4.59. The average Bonchev–Trinajstić information content (AvgIpc) is 2.39. The smallest absolute Gasteiger partial charge is 0.288 e. The third-order valence-corrected chi connectivity index (χ3v) is 2.88. The molecule has 0 unspecified atom stereocenters. The number of pyridine rings is 1. The lowest BCUT2D eigenvalue weighted by Gasteiger charge is -2.08. The molecule has 0 amide bonds. The Kier molecular flexibility index (Phi) is 4.16. The van der Waals surface area contributed by atoms with Crippen LogP contribution < -0.4 is 10.5 Å². The van der Waals surface area contributed by atoms with E-state index in [9.17, 15) is 10.1 Å². The van der Waals surface area contributed by atoms with E-state index in [2.05, 4.69) is 4.98 Å². The van der Waals surface area contributed by atoms with Crippen LogP contribution in [0, 0.1) is 10.1 Å². The van der Waals surface area contributed by atoms with Gasteiger partial charge in [-0.3, -0.25) is 15.1 Å². The van der Waals surface area contributed by atoms with E-state index in [0.29, 0.717) is 11.5 Å². The lowest BCUT2D eigenvalue weighted by Crippen LogP contribution is -2.06. The van der Waals surface area contributed by atoms with Gasteiger partial charge >= 0.3 is 0 Å². The van der Waals surface area contributed by atoms with Crippen LogP contribution in [0.3, 0.4) is 0 Å². The summed E-state index contributed by atoms with van der Waals surface area (Å²) >= 11 is 5.80. The summed E-state index contributed by atoms with van der Waals surface area (Å²) in [6.07, 6.45) is 1.54. The van der Waals surface area contributed by atoms with Crippen molar-refractivity contribution in [3.05, 3.63) is 57.4 Å². The first-order valence-corrected chi connectivity index (χ1v) is 6.18. The fourth-order valence-corrected chi connectivity index (χ4v) is 1.80. The molecule has 1 aromatic carbocycles. The number of rotatable bonds is 4.